The summed E-state index contributed by atoms with van der Waals surface area (Å²) < 4.78 is 44.4. The van der Waals surface area contributed by atoms with Crippen molar-refractivity contribution in [2.24, 2.45) is 4.99 Å². The molecule has 2 aliphatic heterocycles. The summed E-state index contributed by atoms with van der Waals surface area (Å²) in [6.07, 6.45) is 2.12. The third-order valence-corrected chi connectivity index (χ3v) is 4.65. The second-order valence-electron chi connectivity index (χ2n) is 6.76. The lowest BCUT2D eigenvalue weighted by molar-refractivity contribution is -0.117. The fraction of sp³-hybridized carbons (Fsp3) is 0.579. The zero-order valence-corrected chi connectivity index (χ0v) is 16.4. The molecular weight excluding hydrogens is 373 g/mol. The first kappa shape index (κ1) is 22.2. The maximum atomic E-state index is 13.0. The molecule has 0 bridgehead atoms. The van der Waals surface area contributed by atoms with Crippen LogP contribution in [0.15, 0.2) is 40.6 Å². The lowest BCUT2D eigenvalue weighted by Gasteiger charge is -2.38. The second-order valence-corrected chi connectivity index (χ2v) is 6.76. The Kier molecular flexibility index (Phi) is 7.82. The summed E-state index contributed by atoms with van der Waals surface area (Å²) in [5.74, 6) is -1.12. The number of halogens is 3. The Morgan fingerprint density at radius 3 is 2.64 bits per heavy atom. The molecule has 156 valence electrons. The van der Waals surface area contributed by atoms with Crippen molar-refractivity contribution < 1.29 is 22.7 Å². The summed E-state index contributed by atoms with van der Waals surface area (Å²) in [6.45, 7) is 6.34. The highest BCUT2D eigenvalue weighted by atomic mass is 19.4. The normalized spacial score (nSPS) is 20.8. The molecule has 0 spiro atoms. The maximum absolute atomic E-state index is 13.0. The van der Waals surface area contributed by atoms with Gasteiger partial charge in [-0.2, -0.15) is 13.2 Å². The molecule has 1 amide bonds. The number of ether oxygens (including phenoxy) is 1. The summed E-state index contributed by atoms with van der Waals surface area (Å²) in [5.41, 5.74) is 1.29. The Labute approximate surface area is 163 Å². The average Bonchev–Trinajstić information content (AvgIpc) is 2.66. The van der Waals surface area contributed by atoms with Crippen molar-refractivity contribution in [3.8, 4) is 0 Å². The summed E-state index contributed by atoms with van der Waals surface area (Å²) in [4.78, 5) is 19.2. The lowest BCUT2D eigenvalue weighted by Crippen LogP contribution is -2.52. The Hall–Kier alpha value is -2.13. The topological polar surface area (TPSA) is 57.2 Å². The van der Waals surface area contributed by atoms with E-state index in [1.54, 1.807) is 19.1 Å². The zero-order valence-electron chi connectivity index (χ0n) is 16.4. The molecule has 0 aromatic carbocycles. The highest BCUT2D eigenvalue weighted by Crippen LogP contribution is 2.25. The predicted octanol–water partition coefficient (Wildman–Crippen LogP) is 2.12. The van der Waals surface area contributed by atoms with E-state index in [1.165, 1.54) is 13.2 Å². The van der Waals surface area contributed by atoms with Gasteiger partial charge in [0.2, 0.25) is 11.7 Å². The molecule has 1 atom stereocenters. The van der Waals surface area contributed by atoms with Crippen LogP contribution in [0.25, 0.3) is 0 Å². The molecule has 0 aromatic rings. The molecule has 28 heavy (non-hydrogen) atoms. The molecule has 1 fully saturated rings. The van der Waals surface area contributed by atoms with E-state index < -0.39 is 12.0 Å². The standard InChI is InChI=1S/C19H27F3N4O2/c1-4-5-6-14(2)17(27)23-12-16(26-7-9-28-10-8-26)15-11-24-18(19(20,21)22)25(3)13-15/h4-6,11,16H,7-10,12-13H2,1-3H3,(H,23,27). The second kappa shape index (κ2) is 9.88. The first-order chi connectivity index (χ1) is 13.2. The fourth-order valence-electron chi connectivity index (χ4n) is 3.14. The Morgan fingerprint density at radius 1 is 1.39 bits per heavy atom. The number of rotatable bonds is 6. The van der Waals surface area contributed by atoms with Crippen molar-refractivity contribution in [3.63, 3.8) is 0 Å². The van der Waals surface area contributed by atoms with Crippen molar-refractivity contribution in [2.45, 2.75) is 26.1 Å². The average molecular weight is 400 g/mol. The molecule has 0 aromatic heterocycles. The van der Waals surface area contributed by atoms with Gasteiger partial charge in [0, 0.05) is 45.0 Å². The van der Waals surface area contributed by atoms with E-state index in [4.69, 9.17) is 4.74 Å². The molecule has 2 rings (SSSR count). The van der Waals surface area contributed by atoms with E-state index in [0.29, 0.717) is 31.9 Å². The molecule has 0 saturated carbocycles. The van der Waals surface area contributed by atoms with Crippen molar-refractivity contribution >= 4 is 11.7 Å². The van der Waals surface area contributed by atoms with Gasteiger partial charge in [0.1, 0.15) is 0 Å². The van der Waals surface area contributed by atoms with Gasteiger partial charge < -0.3 is 15.0 Å². The largest absolute Gasteiger partial charge is 0.449 e. The molecule has 9 heteroatoms. The third kappa shape index (κ3) is 5.93. The van der Waals surface area contributed by atoms with E-state index in [9.17, 15) is 18.0 Å². The first-order valence-electron chi connectivity index (χ1n) is 9.18. The van der Waals surface area contributed by atoms with Crippen LogP contribution in [0.1, 0.15) is 13.8 Å². The van der Waals surface area contributed by atoms with E-state index in [1.807, 2.05) is 13.0 Å². The number of hydrogen-bond acceptors (Lipinski definition) is 5. The van der Waals surface area contributed by atoms with Gasteiger partial charge in [0.25, 0.3) is 0 Å². The maximum Gasteiger partial charge on any atom is 0.449 e. The number of hydrogen-bond donors (Lipinski definition) is 1. The van der Waals surface area contributed by atoms with E-state index in [0.717, 1.165) is 10.5 Å². The summed E-state index contributed by atoms with van der Waals surface area (Å²) in [7, 11) is 1.37. The van der Waals surface area contributed by atoms with E-state index in [-0.39, 0.29) is 25.0 Å². The van der Waals surface area contributed by atoms with Crippen LogP contribution >= 0.6 is 0 Å². The van der Waals surface area contributed by atoms with E-state index in [2.05, 4.69) is 15.2 Å². The number of amides is 1. The number of nitrogens with one attached hydrogen (secondary N) is 1. The molecule has 0 aliphatic carbocycles. The molecule has 1 unspecified atom stereocenters. The molecule has 0 radical (unpaired) electrons. The van der Waals surface area contributed by atoms with Crippen molar-refractivity contribution in [1.29, 1.82) is 0 Å². The molecule has 2 aliphatic rings. The van der Waals surface area contributed by atoms with Gasteiger partial charge in [-0.15, -0.1) is 0 Å². The van der Waals surface area contributed by atoms with Crippen molar-refractivity contribution in [3.05, 3.63) is 35.6 Å². The van der Waals surface area contributed by atoms with Gasteiger partial charge in [0.05, 0.1) is 19.3 Å². The van der Waals surface area contributed by atoms with Gasteiger partial charge in [-0.25, -0.2) is 4.99 Å². The Bertz CT molecular complexity index is 677. The summed E-state index contributed by atoms with van der Waals surface area (Å²) in [5, 5.41) is 2.89. The summed E-state index contributed by atoms with van der Waals surface area (Å²) >= 11 is 0. The van der Waals surface area contributed by atoms with Crippen LogP contribution in [-0.2, 0) is 9.53 Å². The van der Waals surface area contributed by atoms with Gasteiger partial charge in [0.15, 0.2) is 0 Å². The Morgan fingerprint density at radius 2 is 2.07 bits per heavy atom. The SMILES string of the molecule is CC=CC=C(C)C(=O)NCC(C1=CN=C(C(F)(F)F)N(C)C1)N1CCOCC1. The highest BCUT2D eigenvalue weighted by Gasteiger charge is 2.40. The minimum atomic E-state index is -4.49. The lowest BCUT2D eigenvalue weighted by atomic mass is 10.0. The van der Waals surface area contributed by atoms with Crippen LogP contribution in [0.5, 0.6) is 0 Å². The first-order valence-corrected chi connectivity index (χ1v) is 9.18. The fourth-order valence-corrected chi connectivity index (χ4v) is 3.14. The van der Waals surface area contributed by atoms with Gasteiger partial charge in [-0.1, -0.05) is 18.2 Å². The van der Waals surface area contributed by atoms with Crippen LogP contribution in [-0.4, -0.2) is 80.2 Å². The number of morpholine rings is 1. The highest BCUT2D eigenvalue weighted by molar-refractivity contribution is 5.93. The van der Waals surface area contributed by atoms with Crippen molar-refractivity contribution in [2.75, 3.05) is 46.4 Å². The number of alkyl halides is 3. The Balaban J connectivity index is 2.17. The smallest absolute Gasteiger partial charge is 0.379 e. The minimum Gasteiger partial charge on any atom is -0.379 e. The van der Waals surface area contributed by atoms with Crippen LogP contribution in [0.2, 0.25) is 0 Å². The predicted molar refractivity (Wildman–Crippen MR) is 102 cm³/mol. The summed E-state index contributed by atoms with van der Waals surface area (Å²) in [6, 6.07) is -0.247. The van der Waals surface area contributed by atoms with E-state index >= 15 is 0 Å². The third-order valence-electron chi connectivity index (χ3n) is 4.65. The zero-order chi connectivity index (χ0) is 20.7. The minimum absolute atomic E-state index is 0.101. The number of carbonyl (C=O) groups is 1. The number of aliphatic imine (C=N–C) groups is 1. The van der Waals surface area contributed by atoms with Crippen molar-refractivity contribution in [1.82, 2.24) is 15.1 Å². The van der Waals surface area contributed by atoms with Gasteiger partial charge in [-0.3, -0.25) is 9.69 Å². The van der Waals surface area contributed by atoms with Crippen LogP contribution in [0.4, 0.5) is 13.2 Å². The molecule has 1 saturated heterocycles. The van der Waals surface area contributed by atoms with Crippen LogP contribution < -0.4 is 5.32 Å². The number of amidine groups is 1. The number of likely N-dealkylation sites (N-methyl/N-ethyl adjacent to an activating group) is 1. The number of nitrogens with zero attached hydrogens (tertiary/aromatic N) is 3. The molecule has 2 heterocycles. The molecular formula is C19H27F3N4O2. The number of allylic oxidation sites excluding steroid dienone is 3. The number of carbonyl (C=O) groups excluding carboxylic acids is 1. The monoisotopic (exact) mass is 400 g/mol. The van der Waals surface area contributed by atoms with Crippen LogP contribution in [0, 0.1) is 0 Å². The quantitative estimate of drug-likeness (QED) is 0.548. The molecule has 6 nitrogen and oxygen atoms in total. The molecule has 1 N–H and O–H groups in total. The van der Waals surface area contributed by atoms with Gasteiger partial charge in [-0.05, 0) is 19.4 Å². The van der Waals surface area contributed by atoms with Gasteiger partial charge >= 0.3 is 6.18 Å². The van der Waals surface area contributed by atoms with Crippen LogP contribution in [0.3, 0.4) is 0 Å².